The number of nitrogens with one attached hydrogen (secondary N) is 1. The van der Waals surface area contributed by atoms with Gasteiger partial charge in [-0.1, -0.05) is 0 Å². The first-order valence-corrected chi connectivity index (χ1v) is 9.34. The van der Waals surface area contributed by atoms with Crippen molar-refractivity contribution in [3.63, 3.8) is 0 Å². The molecule has 0 fully saturated rings. The van der Waals surface area contributed by atoms with Crippen molar-refractivity contribution in [1.29, 1.82) is 0 Å². The number of halogens is 3. The Balaban J connectivity index is 1.61. The molecule has 0 bridgehead atoms. The fraction of sp³-hybridized carbons (Fsp3) is 0.421. The van der Waals surface area contributed by atoms with Crippen molar-refractivity contribution < 1.29 is 22.4 Å². The van der Waals surface area contributed by atoms with Crippen LogP contribution in [0, 0.1) is 6.92 Å². The molecular formula is C19H21F3N6O2. The highest BCUT2D eigenvalue weighted by Gasteiger charge is 2.47. The second kappa shape index (κ2) is 7.22. The first-order chi connectivity index (χ1) is 14.1. The minimum Gasteiger partial charge on any atom is -0.467 e. The van der Waals surface area contributed by atoms with Gasteiger partial charge in [0.15, 0.2) is 11.7 Å². The number of rotatable bonds is 4. The Morgan fingerprint density at radius 2 is 2.20 bits per heavy atom. The Kier molecular flexibility index (Phi) is 4.83. The van der Waals surface area contributed by atoms with Crippen LogP contribution >= 0.6 is 0 Å². The van der Waals surface area contributed by atoms with E-state index < -0.39 is 24.2 Å². The molecule has 2 unspecified atom stereocenters. The molecule has 0 spiro atoms. The molecule has 160 valence electrons. The predicted molar refractivity (Wildman–Crippen MR) is 101 cm³/mol. The third-order valence-corrected chi connectivity index (χ3v) is 5.39. The number of aryl methyl sites for hydroxylation is 1. The summed E-state index contributed by atoms with van der Waals surface area (Å²) in [5, 5.41) is 11.1. The zero-order chi connectivity index (χ0) is 21.6. The normalized spacial score (nSPS) is 18.7. The monoisotopic (exact) mass is 422 g/mol. The SMILES string of the molecule is Cc1c(CN(C)C(=O)c2cc3n(n2)C(C(F)(F)F)CC(c2ccco2)N3)cnn1C. The molecule has 0 aliphatic carbocycles. The van der Waals surface area contributed by atoms with Gasteiger partial charge in [-0.3, -0.25) is 9.48 Å². The van der Waals surface area contributed by atoms with E-state index in [9.17, 15) is 18.0 Å². The van der Waals surface area contributed by atoms with E-state index in [1.54, 1.807) is 37.1 Å². The van der Waals surface area contributed by atoms with Crippen molar-refractivity contribution >= 4 is 11.7 Å². The van der Waals surface area contributed by atoms with Crippen LogP contribution in [-0.2, 0) is 13.6 Å². The molecule has 1 amide bonds. The summed E-state index contributed by atoms with van der Waals surface area (Å²) >= 11 is 0. The van der Waals surface area contributed by atoms with Gasteiger partial charge in [-0.2, -0.15) is 23.4 Å². The lowest BCUT2D eigenvalue weighted by Crippen LogP contribution is -2.35. The van der Waals surface area contributed by atoms with Gasteiger partial charge >= 0.3 is 6.18 Å². The van der Waals surface area contributed by atoms with Crippen molar-refractivity contribution in [2.75, 3.05) is 12.4 Å². The Morgan fingerprint density at radius 3 is 2.80 bits per heavy atom. The molecule has 2 atom stereocenters. The molecule has 1 N–H and O–H groups in total. The molecule has 0 saturated carbocycles. The average Bonchev–Trinajstić information content (AvgIpc) is 3.42. The van der Waals surface area contributed by atoms with E-state index in [2.05, 4.69) is 15.5 Å². The van der Waals surface area contributed by atoms with Gasteiger partial charge in [0, 0.05) is 44.4 Å². The number of nitrogens with zero attached hydrogens (tertiary/aromatic N) is 5. The van der Waals surface area contributed by atoms with Crippen LogP contribution in [0.3, 0.4) is 0 Å². The van der Waals surface area contributed by atoms with Crippen LogP contribution < -0.4 is 5.32 Å². The summed E-state index contributed by atoms with van der Waals surface area (Å²) in [6.07, 6.45) is -1.74. The lowest BCUT2D eigenvalue weighted by Gasteiger charge is -2.32. The number of carbonyl (C=O) groups is 1. The Morgan fingerprint density at radius 1 is 1.43 bits per heavy atom. The summed E-state index contributed by atoms with van der Waals surface area (Å²) in [7, 11) is 3.37. The van der Waals surface area contributed by atoms with E-state index >= 15 is 0 Å². The van der Waals surface area contributed by atoms with Crippen molar-refractivity contribution in [2.45, 2.75) is 38.1 Å². The van der Waals surface area contributed by atoms with Crippen LogP contribution in [0.15, 0.2) is 35.1 Å². The largest absolute Gasteiger partial charge is 0.467 e. The van der Waals surface area contributed by atoms with Gasteiger partial charge in [0.05, 0.1) is 18.5 Å². The van der Waals surface area contributed by atoms with Crippen LogP contribution in [0.5, 0.6) is 0 Å². The molecule has 3 aromatic rings. The van der Waals surface area contributed by atoms with E-state index in [1.807, 2.05) is 6.92 Å². The number of aromatic nitrogens is 4. The minimum atomic E-state index is -4.52. The molecule has 1 aliphatic rings. The standard InChI is InChI=1S/C19H21F3N6O2/c1-11-12(9-23-27(11)3)10-26(2)18(29)14-8-17-24-13(15-5-4-6-30-15)7-16(19(20,21)22)28(17)25-14/h4-6,8-9,13,16,24H,7,10H2,1-3H3. The maximum atomic E-state index is 13.7. The number of carbonyl (C=O) groups excluding carboxylic acids is 1. The summed E-state index contributed by atoms with van der Waals surface area (Å²) in [5.74, 6) is 0.0467. The van der Waals surface area contributed by atoms with Crippen molar-refractivity contribution in [3.05, 3.63) is 53.4 Å². The predicted octanol–water partition coefficient (Wildman–Crippen LogP) is 3.45. The highest BCUT2D eigenvalue weighted by molar-refractivity contribution is 5.93. The van der Waals surface area contributed by atoms with E-state index in [1.165, 1.54) is 17.2 Å². The Bertz CT molecular complexity index is 1050. The number of hydrogen-bond acceptors (Lipinski definition) is 5. The highest BCUT2D eigenvalue weighted by atomic mass is 19.4. The van der Waals surface area contributed by atoms with Gasteiger partial charge in [-0.05, 0) is 19.1 Å². The molecule has 0 radical (unpaired) electrons. The van der Waals surface area contributed by atoms with Crippen LogP contribution in [0.25, 0.3) is 0 Å². The maximum Gasteiger partial charge on any atom is 0.410 e. The van der Waals surface area contributed by atoms with E-state index in [0.29, 0.717) is 5.76 Å². The second-order valence-electron chi connectivity index (χ2n) is 7.40. The van der Waals surface area contributed by atoms with Gasteiger partial charge in [0.1, 0.15) is 11.6 Å². The third-order valence-electron chi connectivity index (χ3n) is 5.39. The third kappa shape index (κ3) is 3.55. The number of fused-ring (bicyclic) bond motifs is 1. The van der Waals surface area contributed by atoms with Crippen molar-refractivity contribution in [1.82, 2.24) is 24.5 Å². The fourth-order valence-corrected chi connectivity index (χ4v) is 3.58. The molecule has 30 heavy (non-hydrogen) atoms. The molecule has 0 aromatic carbocycles. The van der Waals surface area contributed by atoms with E-state index in [-0.39, 0.29) is 24.5 Å². The first-order valence-electron chi connectivity index (χ1n) is 9.34. The molecular weight excluding hydrogens is 401 g/mol. The van der Waals surface area contributed by atoms with Crippen molar-refractivity contribution in [2.24, 2.45) is 7.05 Å². The molecule has 3 aromatic heterocycles. The molecule has 0 saturated heterocycles. The number of anilines is 1. The van der Waals surface area contributed by atoms with Gasteiger partial charge in [-0.15, -0.1) is 0 Å². The first kappa shape index (κ1) is 20.0. The molecule has 4 rings (SSSR count). The van der Waals surface area contributed by atoms with E-state index in [0.717, 1.165) is 15.9 Å². The quantitative estimate of drug-likeness (QED) is 0.697. The number of hydrogen-bond donors (Lipinski definition) is 1. The smallest absolute Gasteiger partial charge is 0.410 e. The lowest BCUT2D eigenvalue weighted by atomic mass is 10.0. The van der Waals surface area contributed by atoms with Crippen LogP contribution in [0.1, 0.15) is 46.0 Å². The fourth-order valence-electron chi connectivity index (χ4n) is 3.58. The zero-order valence-electron chi connectivity index (χ0n) is 16.6. The second-order valence-corrected chi connectivity index (χ2v) is 7.40. The molecule has 8 nitrogen and oxygen atoms in total. The van der Waals surface area contributed by atoms with Crippen molar-refractivity contribution in [3.8, 4) is 0 Å². The highest BCUT2D eigenvalue weighted by Crippen LogP contribution is 2.43. The van der Waals surface area contributed by atoms with Crippen LogP contribution in [0.2, 0.25) is 0 Å². The summed E-state index contributed by atoms with van der Waals surface area (Å²) < 4.78 is 49.0. The van der Waals surface area contributed by atoms with Crippen LogP contribution in [-0.4, -0.2) is 43.6 Å². The van der Waals surface area contributed by atoms with E-state index in [4.69, 9.17) is 4.42 Å². The topological polar surface area (TPSA) is 81.1 Å². The Labute approximate surface area is 170 Å². The van der Waals surface area contributed by atoms with Gasteiger partial charge in [0.25, 0.3) is 5.91 Å². The summed E-state index contributed by atoms with van der Waals surface area (Å²) in [5.41, 5.74) is 1.69. The lowest BCUT2D eigenvalue weighted by molar-refractivity contribution is -0.174. The average molecular weight is 422 g/mol. The Hall–Kier alpha value is -3.24. The molecule has 11 heteroatoms. The number of amides is 1. The van der Waals surface area contributed by atoms with Crippen LogP contribution in [0.4, 0.5) is 19.0 Å². The van der Waals surface area contributed by atoms with Gasteiger partial charge in [-0.25, -0.2) is 4.68 Å². The molecule has 4 heterocycles. The van der Waals surface area contributed by atoms with Gasteiger partial charge < -0.3 is 14.6 Å². The minimum absolute atomic E-state index is 0.0594. The summed E-state index contributed by atoms with van der Waals surface area (Å²) in [6, 6.07) is 2.05. The number of furan rings is 1. The number of alkyl halides is 3. The molecule has 1 aliphatic heterocycles. The summed E-state index contributed by atoms with van der Waals surface area (Å²) in [4.78, 5) is 14.3. The zero-order valence-corrected chi connectivity index (χ0v) is 16.6. The summed E-state index contributed by atoms with van der Waals surface area (Å²) in [6.45, 7) is 2.15. The maximum absolute atomic E-state index is 13.7. The van der Waals surface area contributed by atoms with Gasteiger partial charge in [0.2, 0.25) is 0 Å².